The van der Waals surface area contributed by atoms with E-state index in [1.807, 2.05) is 0 Å². The van der Waals surface area contributed by atoms with E-state index < -0.39 is 0 Å². The van der Waals surface area contributed by atoms with E-state index in [0.29, 0.717) is 0 Å². The van der Waals surface area contributed by atoms with Crippen molar-refractivity contribution >= 4 is 30.7 Å². The van der Waals surface area contributed by atoms with Crippen molar-refractivity contribution in [2.45, 2.75) is 26.2 Å². The summed E-state index contributed by atoms with van der Waals surface area (Å²) in [6.07, 6.45) is 3.17. The normalized spacial score (nSPS) is 8.67. The number of nitrogens with two attached hydrogens (primary N) is 1. The molecule has 15 heavy (non-hydrogen) atoms. The van der Waals surface area contributed by atoms with Gasteiger partial charge in [0.05, 0.1) is 0 Å². The number of unbranched alkanes of at least 4 members (excludes halogenated alkanes) is 1. The number of carbonyl (C=O) groups is 1. The van der Waals surface area contributed by atoms with E-state index in [-0.39, 0.29) is 30.7 Å². The molecule has 0 aliphatic carbocycles. The van der Waals surface area contributed by atoms with Gasteiger partial charge in [0, 0.05) is 13.5 Å². The van der Waals surface area contributed by atoms with Crippen molar-refractivity contribution < 1.29 is 4.79 Å². The first-order chi connectivity index (χ1) is 6.27. The lowest BCUT2D eigenvalue weighted by atomic mass is 10.3. The highest BCUT2D eigenvalue weighted by molar-refractivity contribution is 5.85. The van der Waals surface area contributed by atoms with Gasteiger partial charge in [0.2, 0.25) is 5.91 Å². The lowest BCUT2D eigenvalue weighted by Gasteiger charge is -2.03. The van der Waals surface area contributed by atoms with E-state index >= 15 is 0 Å². The first-order valence-corrected chi connectivity index (χ1v) is 4.92. The Morgan fingerprint density at radius 2 is 1.60 bits per heavy atom. The maximum Gasteiger partial charge on any atom is 0.216 e. The third-order valence-electron chi connectivity index (χ3n) is 1.71. The quantitative estimate of drug-likeness (QED) is 0.562. The van der Waals surface area contributed by atoms with Crippen molar-refractivity contribution in [2.75, 3.05) is 26.2 Å². The van der Waals surface area contributed by atoms with Gasteiger partial charge in [-0.3, -0.25) is 4.79 Å². The largest absolute Gasteiger partial charge is 0.356 e. The lowest BCUT2D eigenvalue weighted by Crippen LogP contribution is -2.23. The van der Waals surface area contributed by atoms with E-state index in [0.717, 1.165) is 45.4 Å². The molecule has 0 radical (unpaired) electrons. The minimum atomic E-state index is 0. The molecule has 0 aromatic carbocycles. The van der Waals surface area contributed by atoms with Crippen LogP contribution in [0.3, 0.4) is 0 Å². The summed E-state index contributed by atoms with van der Waals surface area (Å²) >= 11 is 0. The third kappa shape index (κ3) is 20.1. The molecule has 0 heterocycles. The zero-order valence-electron chi connectivity index (χ0n) is 9.25. The van der Waals surface area contributed by atoms with Crippen molar-refractivity contribution in [1.82, 2.24) is 10.6 Å². The van der Waals surface area contributed by atoms with Gasteiger partial charge in [-0.2, -0.15) is 0 Å². The Morgan fingerprint density at radius 3 is 2.13 bits per heavy atom. The monoisotopic (exact) mass is 259 g/mol. The molecule has 1 amide bonds. The minimum Gasteiger partial charge on any atom is -0.356 e. The van der Waals surface area contributed by atoms with E-state index in [2.05, 4.69) is 10.6 Å². The molecule has 0 spiro atoms. The second-order valence-electron chi connectivity index (χ2n) is 3.08. The predicted octanol–water partition coefficient (Wildman–Crippen LogP) is 0.685. The molecule has 0 unspecified atom stereocenters. The van der Waals surface area contributed by atoms with Gasteiger partial charge >= 0.3 is 0 Å². The van der Waals surface area contributed by atoms with Crippen LogP contribution in [-0.2, 0) is 4.79 Å². The van der Waals surface area contributed by atoms with Crippen LogP contribution >= 0.6 is 24.8 Å². The summed E-state index contributed by atoms with van der Waals surface area (Å²) in [5.41, 5.74) is 5.34. The first-order valence-electron chi connectivity index (χ1n) is 4.92. The Bertz CT molecular complexity index is 137. The molecule has 0 aromatic heterocycles. The molecule has 0 aliphatic heterocycles. The van der Waals surface area contributed by atoms with E-state index in [1.165, 1.54) is 0 Å². The highest BCUT2D eigenvalue weighted by atomic mass is 35.5. The number of hydrogen-bond donors (Lipinski definition) is 3. The molecule has 0 aliphatic rings. The summed E-state index contributed by atoms with van der Waals surface area (Å²) in [5.74, 6) is 0.0519. The zero-order chi connectivity index (χ0) is 9.94. The topological polar surface area (TPSA) is 67.2 Å². The smallest absolute Gasteiger partial charge is 0.216 e. The number of hydrogen-bond acceptors (Lipinski definition) is 3. The molecule has 0 aromatic rings. The molecule has 6 heteroatoms. The Morgan fingerprint density at radius 1 is 1.07 bits per heavy atom. The van der Waals surface area contributed by atoms with E-state index in [9.17, 15) is 4.79 Å². The van der Waals surface area contributed by atoms with Gasteiger partial charge < -0.3 is 16.4 Å². The van der Waals surface area contributed by atoms with E-state index in [1.54, 1.807) is 6.92 Å². The number of amides is 1. The average molecular weight is 260 g/mol. The highest BCUT2D eigenvalue weighted by Gasteiger charge is 1.90. The molecule has 94 valence electrons. The number of carbonyl (C=O) groups excluding carboxylic acids is 1. The predicted molar refractivity (Wildman–Crippen MR) is 69.0 cm³/mol. The standard InChI is InChI=1S/C9H21N3O.2ClH/c1-9(13)12-8-3-2-6-11-7-4-5-10;;/h11H,2-8,10H2,1H3,(H,12,13);2*1H. The number of halogens is 2. The van der Waals surface area contributed by atoms with Gasteiger partial charge in [-0.25, -0.2) is 0 Å². The summed E-state index contributed by atoms with van der Waals surface area (Å²) in [4.78, 5) is 10.5. The van der Waals surface area contributed by atoms with Crippen LogP contribution in [0.4, 0.5) is 0 Å². The fourth-order valence-corrected chi connectivity index (χ4v) is 0.991. The summed E-state index contributed by atoms with van der Waals surface area (Å²) in [5, 5.41) is 6.04. The van der Waals surface area contributed by atoms with Crippen LogP contribution in [0.2, 0.25) is 0 Å². The maximum atomic E-state index is 10.5. The highest BCUT2D eigenvalue weighted by Crippen LogP contribution is 1.84. The molecule has 0 rings (SSSR count). The Kier molecular flexibility index (Phi) is 22.3. The SMILES string of the molecule is CC(=O)NCCCCNCCCN.Cl.Cl. The van der Waals surface area contributed by atoms with Crippen molar-refractivity contribution in [3.63, 3.8) is 0 Å². The van der Waals surface area contributed by atoms with Crippen LogP contribution in [0.25, 0.3) is 0 Å². The molecule has 4 N–H and O–H groups in total. The van der Waals surface area contributed by atoms with Crippen molar-refractivity contribution in [1.29, 1.82) is 0 Å². The van der Waals surface area contributed by atoms with Gasteiger partial charge in [-0.15, -0.1) is 24.8 Å². The summed E-state index contributed by atoms with van der Waals surface area (Å²) in [6, 6.07) is 0. The van der Waals surface area contributed by atoms with Gasteiger partial charge in [0.25, 0.3) is 0 Å². The molecule has 0 fully saturated rings. The fraction of sp³-hybridized carbons (Fsp3) is 0.889. The Hall–Kier alpha value is -0.0300. The van der Waals surface area contributed by atoms with Crippen LogP contribution < -0.4 is 16.4 Å². The van der Waals surface area contributed by atoms with Crippen molar-refractivity contribution in [3.05, 3.63) is 0 Å². The molecule has 0 saturated carbocycles. The number of nitrogens with one attached hydrogen (secondary N) is 2. The minimum absolute atomic E-state index is 0. The van der Waals surface area contributed by atoms with Gasteiger partial charge in [0.1, 0.15) is 0 Å². The summed E-state index contributed by atoms with van der Waals surface area (Å²) in [7, 11) is 0. The molecular formula is C9H23Cl2N3O. The molecule has 0 saturated heterocycles. The summed E-state index contributed by atoms with van der Waals surface area (Å²) in [6.45, 7) is 5.09. The van der Waals surface area contributed by atoms with Crippen LogP contribution in [0, 0.1) is 0 Å². The van der Waals surface area contributed by atoms with Crippen molar-refractivity contribution in [3.8, 4) is 0 Å². The molecular weight excluding hydrogens is 237 g/mol. The van der Waals surface area contributed by atoms with Crippen molar-refractivity contribution in [2.24, 2.45) is 5.73 Å². The maximum absolute atomic E-state index is 10.5. The number of rotatable bonds is 8. The van der Waals surface area contributed by atoms with E-state index in [4.69, 9.17) is 5.73 Å². The molecule has 4 nitrogen and oxygen atoms in total. The molecule has 0 atom stereocenters. The van der Waals surface area contributed by atoms with Crippen LogP contribution in [0.5, 0.6) is 0 Å². The molecule has 0 bridgehead atoms. The average Bonchev–Trinajstić information content (AvgIpc) is 2.09. The first kappa shape index (κ1) is 20.4. The van der Waals surface area contributed by atoms with Crippen LogP contribution in [-0.4, -0.2) is 32.1 Å². The Labute approximate surface area is 105 Å². The summed E-state index contributed by atoms with van der Waals surface area (Å²) < 4.78 is 0. The van der Waals surface area contributed by atoms with Crippen LogP contribution in [0.1, 0.15) is 26.2 Å². The second kappa shape index (κ2) is 16.4. The zero-order valence-corrected chi connectivity index (χ0v) is 10.9. The van der Waals surface area contributed by atoms with Crippen LogP contribution in [0.15, 0.2) is 0 Å². The fourth-order valence-electron chi connectivity index (χ4n) is 0.991. The van der Waals surface area contributed by atoms with Gasteiger partial charge in [-0.1, -0.05) is 0 Å². The van der Waals surface area contributed by atoms with Gasteiger partial charge in [-0.05, 0) is 38.9 Å². The lowest BCUT2D eigenvalue weighted by molar-refractivity contribution is -0.118. The third-order valence-corrected chi connectivity index (χ3v) is 1.71. The second-order valence-corrected chi connectivity index (χ2v) is 3.08. The van der Waals surface area contributed by atoms with Gasteiger partial charge in [0.15, 0.2) is 0 Å². The Balaban J connectivity index is -0.000000720.